The van der Waals surface area contributed by atoms with E-state index in [2.05, 4.69) is 22.0 Å². The number of aliphatic hydroxyl groups excluding tert-OH is 1. The van der Waals surface area contributed by atoms with Crippen molar-refractivity contribution in [2.45, 2.75) is 19.6 Å². The Bertz CT molecular complexity index is 1080. The molecule has 2 aromatic heterocycles. The number of imidazole rings is 1. The van der Waals surface area contributed by atoms with Crippen molar-refractivity contribution < 1.29 is 19.5 Å². The molecule has 0 spiro atoms. The second-order valence-electron chi connectivity index (χ2n) is 7.38. The molecule has 2 N–H and O–H groups in total. The van der Waals surface area contributed by atoms with Crippen LogP contribution in [0.5, 0.6) is 0 Å². The van der Waals surface area contributed by atoms with Gasteiger partial charge in [0.2, 0.25) is 0 Å². The van der Waals surface area contributed by atoms with Gasteiger partial charge in [0.25, 0.3) is 0 Å². The Kier molecular flexibility index (Phi) is 5.65. The van der Waals surface area contributed by atoms with E-state index < -0.39 is 12.1 Å². The van der Waals surface area contributed by atoms with Crippen LogP contribution in [0.1, 0.15) is 30.1 Å². The van der Waals surface area contributed by atoms with Crippen LogP contribution in [0.25, 0.3) is 11.3 Å². The Hall–Kier alpha value is -3.41. The lowest BCUT2D eigenvalue weighted by atomic mass is 10.0. The zero-order valence-corrected chi connectivity index (χ0v) is 16.5. The summed E-state index contributed by atoms with van der Waals surface area (Å²) in [4.78, 5) is 17.0. The minimum atomic E-state index is -0.737. The Morgan fingerprint density at radius 2 is 2.10 bits per heavy atom. The standard InChI is InChI=1S/C22H22N4O4/c1-15(27)21-23-8-10-26(21)14-19-11-20(30-24-19)17-6-4-16(5-7-17)3-2-9-25-12-18(13-25)22(28)29/h4-8,10-11,15,18,27H,9,12-14H2,1H3,(H,28,29)/t15-/m0/s1. The molecule has 0 radical (unpaired) electrons. The highest BCUT2D eigenvalue weighted by Gasteiger charge is 2.31. The van der Waals surface area contributed by atoms with E-state index in [4.69, 9.17) is 9.63 Å². The van der Waals surface area contributed by atoms with Gasteiger partial charge in [-0.3, -0.25) is 9.69 Å². The monoisotopic (exact) mass is 406 g/mol. The average molecular weight is 406 g/mol. The summed E-state index contributed by atoms with van der Waals surface area (Å²) >= 11 is 0. The van der Waals surface area contributed by atoms with Crippen LogP contribution in [0.3, 0.4) is 0 Å². The van der Waals surface area contributed by atoms with Crippen LogP contribution < -0.4 is 0 Å². The fourth-order valence-electron chi connectivity index (χ4n) is 3.35. The molecule has 154 valence electrons. The number of carbonyl (C=O) groups is 1. The van der Waals surface area contributed by atoms with Gasteiger partial charge >= 0.3 is 5.97 Å². The van der Waals surface area contributed by atoms with E-state index in [-0.39, 0.29) is 5.92 Å². The summed E-state index contributed by atoms with van der Waals surface area (Å²) < 4.78 is 7.30. The van der Waals surface area contributed by atoms with Crippen LogP contribution >= 0.6 is 0 Å². The second kappa shape index (κ2) is 8.53. The lowest BCUT2D eigenvalue weighted by Crippen LogP contribution is -2.50. The number of aromatic nitrogens is 3. The third-order valence-electron chi connectivity index (χ3n) is 5.02. The molecule has 1 aliphatic rings. The number of aliphatic hydroxyl groups is 1. The number of hydrogen-bond donors (Lipinski definition) is 2. The van der Waals surface area contributed by atoms with Gasteiger partial charge in [-0.05, 0) is 31.2 Å². The molecule has 0 aliphatic carbocycles. The maximum atomic E-state index is 10.8. The van der Waals surface area contributed by atoms with E-state index in [1.807, 2.05) is 39.8 Å². The van der Waals surface area contributed by atoms with Gasteiger partial charge in [-0.15, -0.1) is 0 Å². The zero-order chi connectivity index (χ0) is 21.1. The van der Waals surface area contributed by atoms with E-state index >= 15 is 0 Å². The summed E-state index contributed by atoms with van der Waals surface area (Å²) in [6.45, 7) is 3.84. The van der Waals surface area contributed by atoms with Crippen LogP contribution in [0, 0.1) is 17.8 Å². The third kappa shape index (κ3) is 4.43. The predicted octanol–water partition coefficient (Wildman–Crippen LogP) is 2.01. The summed E-state index contributed by atoms with van der Waals surface area (Å²) in [6.07, 6.45) is 2.79. The molecular weight excluding hydrogens is 384 g/mol. The Morgan fingerprint density at radius 1 is 1.33 bits per heavy atom. The molecule has 8 nitrogen and oxygen atoms in total. The largest absolute Gasteiger partial charge is 0.481 e. The molecule has 8 heteroatoms. The highest BCUT2D eigenvalue weighted by atomic mass is 16.5. The van der Waals surface area contributed by atoms with Gasteiger partial charge in [-0.2, -0.15) is 0 Å². The van der Waals surface area contributed by atoms with Gasteiger partial charge < -0.3 is 19.3 Å². The maximum Gasteiger partial charge on any atom is 0.309 e. The Labute approximate surface area is 173 Å². The molecule has 0 unspecified atom stereocenters. The molecule has 3 aromatic rings. The van der Waals surface area contributed by atoms with E-state index in [1.165, 1.54) is 0 Å². The number of rotatable bonds is 6. The van der Waals surface area contributed by atoms with Crippen molar-refractivity contribution in [3.05, 3.63) is 59.8 Å². The number of likely N-dealkylation sites (tertiary alicyclic amines) is 1. The number of aliphatic carboxylic acids is 1. The summed E-state index contributed by atoms with van der Waals surface area (Å²) in [6, 6.07) is 9.56. The van der Waals surface area contributed by atoms with Crippen LogP contribution in [0.2, 0.25) is 0 Å². The first-order chi connectivity index (χ1) is 14.5. The Balaban J connectivity index is 1.35. The molecule has 1 saturated heterocycles. The lowest BCUT2D eigenvalue weighted by molar-refractivity contribution is -0.147. The molecule has 3 heterocycles. The lowest BCUT2D eigenvalue weighted by Gasteiger charge is -2.34. The first-order valence-corrected chi connectivity index (χ1v) is 9.69. The second-order valence-corrected chi connectivity index (χ2v) is 7.38. The van der Waals surface area contributed by atoms with Crippen molar-refractivity contribution in [3.8, 4) is 23.2 Å². The molecule has 0 amide bonds. The van der Waals surface area contributed by atoms with Crippen LogP contribution in [-0.4, -0.2) is 55.4 Å². The van der Waals surface area contributed by atoms with E-state index in [0.717, 1.165) is 16.8 Å². The minimum Gasteiger partial charge on any atom is -0.481 e. The van der Waals surface area contributed by atoms with Crippen molar-refractivity contribution in [2.24, 2.45) is 5.92 Å². The van der Waals surface area contributed by atoms with Crippen molar-refractivity contribution in [3.63, 3.8) is 0 Å². The highest BCUT2D eigenvalue weighted by molar-refractivity contribution is 5.71. The number of benzene rings is 1. The quantitative estimate of drug-likeness (QED) is 0.604. The first-order valence-electron chi connectivity index (χ1n) is 9.69. The minimum absolute atomic E-state index is 0.259. The van der Waals surface area contributed by atoms with E-state index in [1.54, 1.807) is 19.3 Å². The Morgan fingerprint density at radius 3 is 2.80 bits per heavy atom. The number of carboxylic acid groups (broad SMARTS) is 1. The normalized spacial score (nSPS) is 15.3. The van der Waals surface area contributed by atoms with Gasteiger partial charge in [0.15, 0.2) is 5.76 Å². The maximum absolute atomic E-state index is 10.8. The highest BCUT2D eigenvalue weighted by Crippen LogP contribution is 2.22. The van der Waals surface area contributed by atoms with Crippen molar-refractivity contribution >= 4 is 5.97 Å². The number of nitrogens with zero attached hydrogens (tertiary/aromatic N) is 4. The first kappa shape index (κ1) is 19.9. The number of carboxylic acids is 1. The topological polar surface area (TPSA) is 105 Å². The molecule has 0 bridgehead atoms. The molecule has 1 atom stereocenters. The molecule has 1 fully saturated rings. The molecule has 1 aliphatic heterocycles. The molecule has 30 heavy (non-hydrogen) atoms. The fourth-order valence-corrected chi connectivity index (χ4v) is 3.35. The van der Waals surface area contributed by atoms with Gasteiger partial charge in [0.1, 0.15) is 17.6 Å². The number of hydrogen-bond acceptors (Lipinski definition) is 6. The van der Waals surface area contributed by atoms with Crippen molar-refractivity contribution in [1.82, 2.24) is 19.6 Å². The summed E-state index contributed by atoms with van der Waals surface area (Å²) in [5.74, 6) is 6.42. The van der Waals surface area contributed by atoms with E-state index in [0.29, 0.717) is 37.8 Å². The van der Waals surface area contributed by atoms with Crippen LogP contribution in [0.15, 0.2) is 47.2 Å². The van der Waals surface area contributed by atoms with Gasteiger partial charge in [0.05, 0.1) is 19.0 Å². The van der Waals surface area contributed by atoms with E-state index in [9.17, 15) is 9.90 Å². The molecule has 1 aromatic carbocycles. The molecule has 0 saturated carbocycles. The molecular formula is C22H22N4O4. The van der Waals surface area contributed by atoms with Gasteiger partial charge in [-0.25, -0.2) is 4.98 Å². The third-order valence-corrected chi connectivity index (χ3v) is 5.02. The fraction of sp³-hybridized carbons (Fsp3) is 0.318. The van der Waals surface area contributed by atoms with Gasteiger partial charge in [-0.1, -0.05) is 17.0 Å². The smallest absolute Gasteiger partial charge is 0.309 e. The zero-order valence-electron chi connectivity index (χ0n) is 16.5. The SMILES string of the molecule is C[C@H](O)c1nccn1Cc1cc(-c2ccc(C#CCN3CC(C(=O)O)C3)cc2)on1. The van der Waals surface area contributed by atoms with Gasteiger partial charge in [0, 0.05) is 42.7 Å². The predicted molar refractivity (Wildman–Crippen MR) is 108 cm³/mol. The summed E-state index contributed by atoms with van der Waals surface area (Å²) in [7, 11) is 0. The van der Waals surface area contributed by atoms with Crippen LogP contribution in [-0.2, 0) is 11.3 Å². The van der Waals surface area contributed by atoms with Crippen LogP contribution in [0.4, 0.5) is 0 Å². The summed E-state index contributed by atoms with van der Waals surface area (Å²) in [5.41, 5.74) is 2.52. The molecule has 4 rings (SSSR count). The van der Waals surface area contributed by atoms with Crippen molar-refractivity contribution in [2.75, 3.05) is 19.6 Å². The summed E-state index contributed by atoms with van der Waals surface area (Å²) in [5, 5.41) is 22.8. The van der Waals surface area contributed by atoms with Crippen molar-refractivity contribution in [1.29, 1.82) is 0 Å². The average Bonchev–Trinajstić information content (AvgIpc) is 3.34.